The molecule has 16 heavy (non-hydrogen) atoms. The molecule has 0 bridgehead atoms. The first-order valence-electron chi connectivity index (χ1n) is 4.57. The van der Waals surface area contributed by atoms with Crippen molar-refractivity contribution in [3.05, 3.63) is 0 Å². The van der Waals surface area contributed by atoms with E-state index in [-0.39, 0.29) is 71.0 Å². The summed E-state index contributed by atoms with van der Waals surface area (Å²) in [4.78, 5) is 21.3. The average molecular weight is 257 g/mol. The van der Waals surface area contributed by atoms with Gasteiger partial charge in [0.2, 0.25) is 5.91 Å². The zero-order valence-electron chi connectivity index (χ0n) is 9.82. The summed E-state index contributed by atoms with van der Waals surface area (Å²) in [6.45, 7) is 2.60. The molecule has 0 rings (SSSR count). The van der Waals surface area contributed by atoms with E-state index in [1.165, 1.54) is 13.8 Å². The van der Waals surface area contributed by atoms with Crippen LogP contribution in [0.3, 0.4) is 0 Å². The van der Waals surface area contributed by atoms with E-state index in [0.717, 1.165) is 0 Å². The molecule has 0 aromatic heterocycles. The Morgan fingerprint density at radius 3 is 2.31 bits per heavy atom. The van der Waals surface area contributed by atoms with Crippen LogP contribution in [0.4, 0.5) is 0 Å². The Morgan fingerprint density at radius 2 is 1.94 bits per heavy atom. The maximum atomic E-state index is 11.2. The normalized spacial score (nSPS) is 12.5. The smallest absolute Gasteiger partial charge is 0.550 e. The molecule has 7 heteroatoms. The topological polar surface area (TPSA) is 110 Å². The van der Waals surface area contributed by atoms with Crippen LogP contribution in [0.5, 0.6) is 0 Å². The van der Waals surface area contributed by atoms with Gasteiger partial charge in [-0.3, -0.25) is 4.79 Å². The molecule has 0 fully saturated rings. The first-order valence-corrected chi connectivity index (χ1v) is 4.57. The molecule has 88 valence electrons. The van der Waals surface area contributed by atoms with E-state index in [4.69, 9.17) is 5.11 Å². The third-order valence-corrected chi connectivity index (χ3v) is 2.02. The van der Waals surface area contributed by atoms with Gasteiger partial charge in [-0.1, -0.05) is 13.8 Å². The van der Waals surface area contributed by atoms with Gasteiger partial charge in [0.05, 0.1) is 6.61 Å². The molecule has 6 nitrogen and oxygen atoms in total. The van der Waals surface area contributed by atoms with Gasteiger partial charge in [0, 0.05) is 24.3 Å². The summed E-state index contributed by atoms with van der Waals surface area (Å²) in [5, 5.41) is 30.6. The van der Waals surface area contributed by atoms with Crippen LogP contribution in [0.25, 0.3) is 0 Å². The summed E-state index contributed by atoms with van der Waals surface area (Å²) in [6.07, 6.45) is -1.68. The summed E-state index contributed by atoms with van der Waals surface area (Å²) in [6, 6.07) is 0. The van der Waals surface area contributed by atoms with E-state index >= 15 is 0 Å². The molecule has 0 spiro atoms. The fraction of sp³-hybridized carbons (Fsp3) is 0.778. The van der Waals surface area contributed by atoms with Crippen molar-refractivity contribution in [2.45, 2.75) is 26.4 Å². The maximum absolute atomic E-state index is 11.2. The fourth-order valence-corrected chi connectivity index (χ4v) is 0.826. The Bertz CT molecular complexity index is 244. The molecule has 1 atom stereocenters. The average Bonchev–Trinajstić information content (AvgIpc) is 2.15. The van der Waals surface area contributed by atoms with Gasteiger partial charge in [-0.15, -0.1) is 0 Å². The Balaban J connectivity index is 0. The van der Waals surface area contributed by atoms with Gasteiger partial charge in [-0.2, -0.15) is 0 Å². The molecule has 0 aliphatic rings. The molecular formula is C9H16KNO5. The van der Waals surface area contributed by atoms with Crippen molar-refractivity contribution in [2.75, 3.05) is 13.2 Å². The number of hydrogen-bond donors (Lipinski definition) is 3. The summed E-state index contributed by atoms with van der Waals surface area (Å²) in [7, 11) is 0. The Morgan fingerprint density at radius 1 is 1.44 bits per heavy atom. The van der Waals surface area contributed by atoms with Crippen LogP contribution in [-0.2, 0) is 9.59 Å². The molecular weight excluding hydrogens is 241 g/mol. The quantitative estimate of drug-likeness (QED) is 0.412. The van der Waals surface area contributed by atoms with Gasteiger partial charge in [0.15, 0.2) is 0 Å². The van der Waals surface area contributed by atoms with Gasteiger partial charge in [-0.25, -0.2) is 0 Å². The van der Waals surface area contributed by atoms with Gasteiger partial charge < -0.3 is 25.4 Å². The summed E-state index contributed by atoms with van der Waals surface area (Å²) in [5.74, 6) is -1.97. The number of hydrogen-bond acceptors (Lipinski definition) is 5. The molecule has 0 radical (unpaired) electrons. The third kappa shape index (κ3) is 6.95. The van der Waals surface area contributed by atoms with Crippen LogP contribution in [0.15, 0.2) is 0 Å². The minimum absolute atomic E-state index is 0. The number of carboxylic acids is 1. The number of carbonyl (C=O) groups is 2. The summed E-state index contributed by atoms with van der Waals surface area (Å²) >= 11 is 0. The van der Waals surface area contributed by atoms with Crippen molar-refractivity contribution in [3.8, 4) is 0 Å². The monoisotopic (exact) mass is 257 g/mol. The van der Waals surface area contributed by atoms with Crippen LogP contribution >= 0.6 is 0 Å². The van der Waals surface area contributed by atoms with E-state index in [9.17, 15) is 19.8 Å². The Labute approximate surface area is 137 Å². The number of rotatable bonds is 6. The molecule has 0 heterocycles. The van der Waals surface area contributed by atoms with Crippen LogP contribution in [0.1, 0.15) is 20.3 Å². The summed E-state index contributed by atoms with van der Waals surface area (Å²) in [5.41, 5.74) is -0.953. The molecule has 0 aliphatic heterocycles. The fourth-order valence-electron chi connectivity index (χ4n) is 0.826. The standard InChI is InChI=1S/C9H17NO5.K/c1-9(2,5-11)7(14)8(15)10-4-3-6(12)13;/h7,11,14H,3-5H2,1-2H3,(H,10,15)(H,12,13);/q;+1/p-1/t7-;/m1./s1. The van der Waals surface area contributed by atoms with Crippen LogP contribution < -0.4 is 61.8 Å². The predicted octanol–water partition coefficient (Wildman–Crippen LogP) is -5.37. The van der Waals surface area contributed by atoms with Crippen molar-refractivity contribution in [3.63, 3.8) is 0 Å². The number of carbonyl (C=O) groups excluding carboxylic acids is 2. The molecule has 0 aliphatic carbocycles. The van der Waals surface area contributed by atoms with Gasteiger partial charge in [-0.05, 0) is 0 Å². The molecule has 0 saturated carbocycles. The van der Waals surface area contributed by atoms with Crippen molar-refractivity contribution in [1.29, 1.82) is 0 Å². The molecule has 1 amide bonds. The van der Waals surface area contributed by atoms with Crippen LogP contribution in [0.2, 0.25) is 0 Å². The van der Waals surface area contributed by atoms with Crippen molar-refractivity contribution >= 4 is 11.9 Å². The van der Waals surface area contributed by atoms with Crippen molar-refractivity contribution in [1.82, 2.24) is 5.32 Å². The Kier molecular flexibility index (Phi) is 10.1. The first-order chi connectivity index (χ1) is 6.81. The van der Waals surface area contributed by atoms with E-state index in [0.29, 0.717) is 0 Å². The molecule has 0 unspecified atom stereocenters. The van der Waals surface area contributed by atoms with E-state index < -0.39 is 23.4 Å². The second-order valence-electron chi connectivity index (χ2n) is 3.96. The van der Waals surface area contributed by atoms with Crippen LogP contribution in [-0.4, -0.2) is 41.3 Å². The zero-order chi connectivity index (χ0) is 12.1. The van der Waals surface area contributed by atoms with Crippen molar-refractivity contribution in [2.24, 2.45) is 5.41 Å². The maximum Gasteiger partial charge on any atom is 1.00 e. The Hall–Kier alpha value is 0.496. The number of aliphatic hydroxyl groups excluding tert-OH is 2. The predicted molar refractivity (Wildman–Crippen MR) is 49.5 cm³/mol. The van der Waals surface area contributed by atoms with E-state index in [1.54, 1.807) is 0 Å². The zero-order valence-corrected chi connectivity index (χ0v) is 12.9. The minimum Gasteiger partial charge on any atom is -0.550 e. The number of amides is 1. The van der Waals surface area contributed by atoms with E-state index in [2.05, 4.69) is 5.32 Å². The third-order valence-electron chi connectivity index (χ3n) is 2.02. The molecule has 0 aromatic rings. The van der Waals surface area contributed by atoms with Gasteiger partial charge in [0.1, 0.15) is 6.10 Å². The minimum atomic E-state index is -1.37. The number of aliphatic carboxylic acids is 1. The van der Waals surface area contributed by atoms with Crippen molar-refractivity contribution < 1.29 is 76.3 Å². The van der Waals surface area contributed by atoms with Crippen LogP contribution in [0, 0.1) is 5.41 Å². The van der Waals surface area contributed by atoms with E-state index in [1.807, 2.05) is 0 Å². The van der Waals surface area contributed by atoms with Gasteiger partial charge >= 0.3 is 51.4 Å². The summed E-state index contributed by atoms with van der Waals surface area (Å²) < 4.78 is 0. The van der Waals surface area contributed by atoms with Gasteiger partial charge in [0.25, 0.3) is 0 Å². The first kappa shape index (κ1) is 18.9. The SMILES string of the molecule is CC(C)(CO)[C@H](O)C(=O)NCCC(=O)[O-].[K+]. The number of carboxylic acid groups (broad SMARTS) is 1. The molecule has 3 N–H and O–H groups in total. The second kappa shape index (κ2) is 8.57. The molecule has 0 saturated heterocycles. The number of aliphatic hydroxyl groups is 2. The second-order valence-corrected chi connectivity index (χ2v) is 3.96. The molecule has 0 aromatic carbocycles. The largest absolute Gasteiger partial charge is 1.00 e. The number of nitrogens with one attached hydrogen (secondary N) is 1.